The second-order valence-electron chi connectivity index (χ2n) is 11.1. The summed E-state index contributed by atoms with van der Waals surface area (Å²) in [5.74, 6) is -0.784. The number of unbranched alkanes of at least 4 members (excludes halogenated alkanes) is 1. The third kappa shape index (κ3) is 9.62. The number of nitrogens with zero attached hydrogens (tertiary/aromatic N) is 2. The Labute approximate surface area is 322 Å². The molecule has 0 bridgehead atoms. The first kappa shape index (κ1) is 37.5. The van der Waals surface area contributed by atoms with Crippen molar-refractivity contribution >= 4 is 65.3 Å². The SMILES string of the molecule is CCC(/C=C1\Sc2ccc(-c3ccccc3)cc2N1CCS(=O)(=O)O)=C\c1sc2cc(C)c(C)cc2[n+]1CCCCS(=O)(=O)[O-].[K+]. The van der Waals surface area contributed by atoms with Crippen molar-refractivity contribution in [3.8, 4) is 11.1 Å². The van der Waals surface area contributed by atoms with Gasteiger partial charge in [-0.1, -0.05) is 66.4 Å². The van der Waals surface area contributed by atoms with Gasteiger partial charge < -0.3 is 9.45 Å². The van der Waals surface area contributed by atoms with E-state index in [9.17, 15) is 25.9 Å². The van der Waals surface area contributed by atoms with E-state index >= 15 is 0 Å². The van der Waals surface area contributed by atoms with Gasteiger partial charge in [0.05, 0.1) is 26.6 Å². The molecule has 5 rings (SSSR count). The first-order chi connectivity index (χ1) is 21.3. The van der Waals surface area contributed by atoms with Crippen LogP contribution < -0.4 is 60.9 Å². The molecule has 238 valence electrons. The van der Waals surface area contributed by atoms with Crippen LogP contribution in [-0.2, 0) is 26.8 Å². The Balaban J connectivity index is 0.00000480. The molecule has 0 atom stereocenters. The number of rotatable bonds is 12. The van der Waals surface area contributed by atoms with Crippen molar-refractivity contribution in [2.24, 2.45) is 0 Å². The van der Waals surface area contributed by atoms with Gasteiger partial charge in [0.1, 0.15) is 4.70 Å². The normalized spacial score (nSPS) is 14.6. The maximum Gasteiger partial charge on any atom is 1.00 e. The molecule has 0 saturated carbocycles. The summed E-state index contributed by atoms with van der Waals surface area (Å²) < 4.78 is 70.0. The van der Waals surface area contributed by atoms with Crippen molar-refractivity contribution in [3.05, 3.63) is 93.5 Å². The van der Waals surface area contributed by atoms with E-state index in [-0.39, 0.29) is 70.1 Å². The molecule has 46 heavy (non-hydrogen) atoms. The Hall–Kier alpha value is -1.36. The topological polar surface area (TPSA) is 119 Å². The molecule has 0 unspecified atom stereocenters. The zero-order chi connectivity index (χ0) is 32.4. The molecule has 0 radical (unpaired) electrons. The van der Waals surface area contributed by atoms with Gasteiger partial charge in [0.2, 0.25) is 5.52 Å². The Bertz CT molecular complexity index is 2010. The zero-order valence-electron chi connectivity index (χ0n) is 26.4. The number of aryl methyl sites for hydroxylation is 3. The smallest absolute Gasteiger partial charge is 0.748 e. The molecule has 4 aromatic rings. The Morgan fingerprint density at radius 1 is 0.957 bits per heavy atom. The summed E-state index contributed by atoms with van der Waals surface area (Å²) in [6, 6.07) is 20.5. The third-order valence-corrected chi connectivity index (χ3v) is 11.5. The number of fused-ring (bicyclic) bond motifs is 2. The summed E-state index contributed by atoms with van der Waals surface area (Å²) in [6.07, 6.45) is 5.76. The van der Waals surface area contributed by atoms with E-state index in [2.05, 4.69) is 61.8 Å². The van der Waals surface area contributed by atoms with Gasteiger partial charge in [-0.2, -0.15) is 13.0 Å². The van der Waals surface area contributed by atoms with Crippen molar-refractivity contribution in [1.82, 2.24) is 0 Å². The van der Waals surface area contributed by atoms with Crippen LogP contribution in [0.25, 0.3) is 27.4 Å². The minimum absolute atomic E-state index is 0. The summed E-state index contributed by atoms with van der Waals surface area (Å²) in [6.45, 7) is 6.88. The molecule has 8 nitrogen and oxygen atoms in total. The Morgan fingerprint density at radius 3 is 2.35 bits per heavy atom. The second kappa shape index (κ2) is 15.9. The number of hydrogen-bond donors (Lipinski definition) is 1. The van der Waals surface area contributed by atoms with Crippen molar-refractivity contribution in [2.45, 2.75) is 51.5 Å². The molecule has 1 aliphatic rings. The number of thiazole rings is 1. The number of thioether (sulfide) groups is 1. The van der Waals surface area contributed by atoms with Gasteiger partial charge in [-0.3, -0.25) is 4.55 Å². The fourth-order valence-electron chi connectivity index (χ4n) is 5.26. The minimum Gasteiger partial charge on any atom is -0.748 e. The van der Waals surface area contributed by atoms with Crippen LogP contribution in [0.4, 0.5) is 5.69 Å². The van der Waals surface area contributed by atoms with Crippen LogP contribution in [0.3, 0.4) is 0 Å². The van der Waals surface area contributed by atoms with Crippen LogP contribution in [0.5, 0.6) is 0 Å². The van der Waals surface area contributed by atoms with Gasteiger partial charge in [-0.05, 0) is 78.8 Å². The van der Waals surface area contributed by atoms with Gasteiger partial charge >= 0.3 is 51.4 Å². The summed E-state index contributed by atoms with van der Waals surface area (Å²) in [5.41, 5.74) is 7.40. The number of benzene rings is 3. The van der Waals surface area contributed by atoms with Crippen molar-refractivity contribution in [1.29, 1.82) is 0 Å². The molecular formula is C33H36KN2O6S4+. The van der Waals surface area contributed by atoms with Crippen LogP contribution in [0.1, 0.15) is 42.3 Å². The van der Waals surface area contributed by atoms with Crippen LogP contribution in [0, 0.1) is 13.8 Å². The quantitative estimate of drug-likeness (QED) is 0.101. The van der Waals surface area contributed by atoms with Crippen LogP contribution in [0.15, 0.2) is 82.2 Å². The summed E-state index contributed by atoms with van der Waals surface area (Å²) >= 11 is 3.22. The van der Waals surface area contributed by atoms with Crippen molar-refractivity contribution < 1.29 is 81.9 Å². The Kier molecular flexibility index (Phi) is 12.9. The first-order valence-corrected chi connectivity index (χ1v) is 19.5. The molecule has 2 heterocycles. The fraction of sp³-hybridized carbons (Fsp3) is 0.303. The van der Waals surface area contributed by atoms with Crippen LogP contribution in [-0.4, -0.2) is 44.0 Å². The number of hydrogen-bond acceptors (Lipinski definition) is 8. The summed E-state index contributed by atoms with van der Waals surface area (Å²) in [4.78, 5) is 2.96. The molecular weight excluding hydrogens is 688 g/mol. The predicted octanol–water partition coefficient (Wildman–Crippen LogP) is 3.94. The summed E-state index contributed by atoms with van der Waals surface area (Å²) in [7, 11) is -8.45. The molecule has 1 aromatic heterocycles. The molecule has 0 saturated heterocycles. The van der Waals surface area contributed by atoms with Gasteiger partial charge in [0.25, 0.3) is 15.1 Å². The van der Waals surface area contributed by atoms with E-state index in [1.165, 1.54) is 5.56 Å². The largest absolute Gasteiger partial charge is 1.00 e. The third-order valence-electron chi connectivity index (χ3n) is 7.81. The van der Waals surface area contributed by atoms with E-state index < -0.39 is 26.0 Å². The Morgan fingerprint density at radius 2 is 1.67 bits per heavy atom. The van der Waals surface area contributed by atoms with Crippen molar-refractivity contribution in [2.75, 3.05) is 23.0 Å². The van der Waals surface area contributed by atoms with E-state index in [0.29, 0.717) is 19.4 Å². The van der Waals surface area contributed by atoms with Crippen molar-refractivity contribution in [3.63, 3.8) is 0 Å². The molecule has 13 heteroatoms. The predicted molar refractivity (Wildman–Crippen MR) is 183 cm³/mol. The molecule has 3 aromatic carbocycles. The van der Waals surface area contributed by atoms with Crippen LogP contribution >= 0.6 is 23.1 Å². The molecule has 0 spiro atoms. The van der Waals surface area contributed by atoms with Gasteiger partial charge in [-0.25, -0.2) is 8.42 Å². The number of aromatic nitrogens is 1. The molecule has 0 fully saturated rings. The minimum atomic E-state index is -4.26. The standard InChI is InChI=1S/C33H36N2O6S4.K/c1-4-25(20-32-34(14-8-9-16-44(36,37)38)28-18-23(2)24(3)19-31(28)43-32)21-33-35(15-17-45(39,40)41)29-22-27(12-13-30(29)42-33)26-10-6-5-7-11-26;/h5-7,10-13,18-22H,4,8-9,14-17H2,1-3H3,(H-,36,37,38,39,40,41);/q;+1. The zero-order valence-corrected chi connectivity index (χ0v) is 32.8. The number of allylic oxidation sites excluding steroid dienone is 2. The molecule has 0 amide bonds. The molecule has 1 N–H and O–H groups in total. The monoisotopic (exact) mass is 723 g/mol. The molecule has 0 aliphatic carbocycles. The molecule has 1 aliphatic heterocycles. The summed E-state index contributed by atoms with van der Waals surface area (Å²) in [5, 5.41) is 1.87. The second-order valence-corrected chi connectivity index (χ2v) is 16.3. The van der Waals surface area contributed by atoms with Crippen LogP contribution in [0.2, 0.25) is 0 Å². The maximum absolute atomic E-state index is 11.8. The van der Waals surface area contributed by atoms with Gasteiger partial charge in [0, 0.05) is 35.8 Å². The van der Waals surface area contributed by atoms with E-state index in [4.69, 9.17) is 0 Å². The van der Waals surface area contributed by atoms with Gasteiger partial charge in [0.15, 0.2) is 6.54 Å². The number of anilines is 1. The van der Waals surface area contributed by atoms with Gasteiger partial charge in [-0.15, -0.1) is 0 Å². The first-order valence-electron chi connectivity index (χ1n) is 14.7. The maximum atomic E-state index is 11.8. The average Bonchev–Trinajstić information content (AvgIpc) is 3.49. The van der Waals surface area contributed by atoms with E-state index in [1.54, 1.807) is 23.1 Å². The van der Waals surface area contributed by atoms with E-state index in [0.717, 1.165) is 53.1 Å². The average molecular weight is 724 g/mol. The fourth-order valence-corrected chi connectivity index (χ4v) is 8.62. The van der Waals surface area contributed by atoms with E-state index in [1.807, 2.05) is 41.3 Å².